The molecule has 6 nitrogen and oxygen atoms in total. The molecule has 136 valence electrons. The predicted molar refractivity (Wildman–Crippen MR) is 108 cm³/mol. The van der Waals surface area contributed by atoms with E-state index in [0.717, 1.165) is 5.69 Å². The summed E-state index contributed by atoms with van der Waals surface area (Å²) < 4.78 is 0. The molecule has 0 aliphatic heterocycles. The maximum atomic E-state index is 12.5. The summed E-state index contributed by atoms with van der Waals surface area (Å²) in [5, 5.41) is 9.30. The minimum absolute atomic E-state index is 0.150. The Kier molecular flexibility index (Phi) is 5.68. The topological polar surface area (TPSA) is 83.1 Å². The maximum absolute atomic E-state index is 12.5. The van der Waals surface area contributed by atoms with Crippen molar-refractivity contribution in [2.45, 2.75) is 6.92 Å². The van der Waals surface area contributed by atoms with Crippen molar-refractivity contribution in [2.24, 2.45) is 0 Å². The molecule has 0 aliphatic rings. The monoisotopic (exact) mass is 380 g/mol. The average Bonchev–Trinajstić information content (AvgIpc) is 2.65. The van der Waals surface area contributed by atoms with Gasteiger partial charge in [-0.25, -0.2) is 0 Å². The van der Waals surface area contributed by atoms with E-state index < -0.39 is 0 Å². The summed E-state index contributed by atoms with van der Waals surface area (Å²) in [6.07, 6.45) is 3.13. The number of benzene rings is 2. The molecule has 1 aromatic heterocycles. The molecule has 0 aliphatic carbocycles. The van der Waals surface area contributed by atoms with Crippen LogP contribution in [0, 0.1) is 0 Å². The van der Waals surface area contributed by atoms with Gasteiger partial charge in [0.25, 0.3) is 5.91 Å². The number of hydrogen-bond donors (Lipinski definition) is 3. The van der Waals surface area contributed by atoms with Crippen LogP contribution in [0.25, 0.3) is 0 Å². The number of carbonyl (C=O) groups is 2. The maximum Gasteiger partial charge on any atom is 0.257 e. The van der Waals surface area contributed by atoms with Gasteiger partial charge in [-0.05, 0) is 54.6 Å². The van der Waals surface area contributed by atoms with Crippen molar-refractivity contribution >= 4 is 46.2 Å². The molecule has 0 fully saturated rings. The summed E-state index contributed by atoms with van der Waals surface area (Å²) >= 11 is 5.88. The van der Waals surface area contributed by atoms with E-state index in [1.807, 2.05) is 12.1 Å². The SMILES string of the molecule is CC(=O)Nc1ccc(NC(=O)c2cncc(Nc3ccc(Cl)cc3)c2)cc1. The Hall–Kier alpha value is -3.38. The van der Waals surface area contributed by atoms with Crippen LogP contribution in [0.3, 0.4) is 0 Å². The normalized spacial score (nSPS) is 10.1. The number of halogens is 1. The van der Waals surface area contributed by atoms with Crippen LogP contribution in [0.4, 0.5) is 22.7 Å². The average molecular weight is 381 g/mol. The molecular weight excluding hydrogens is 364 g/mol. The summed E-state index contributed by atoms with van der Waals surface area (Å²) in [4.78, 5) is 27.6. The number of carbonyl (C=O) groups excluding carboxylic acids is 2. The molecule has 3 rings (SSSR count). The van der Waals surface area contributed by atoms with Gasteiger partial charge >= 0.3 is 0 Å². The van der Waals surface area contributed by atoms with Crippen LogP contribution in [0.5, 0.6) is 0 Å². The Morgan fingerprint density at radius 1 is 0.815 bits per heavy atom. The van der Waals surface area contributed by atoms with Crippen molar-refractivity contribution in [3.63, 3.8) is 0 Å². The highest BCUT2D eigenvalue weighted by molar-refractivity contribution is 6.30. The highest BCUT2D eigenvalue weighted by Gasteiger charge is 2.08. The van der Waals surface area contributed by atoms with Gasteiger partial charge < -0.3 is 16.0 Å². The van der Waals surface area contributed by atoms with Crippen LogP contribution >= 0.6 is 11.6 Å². The summed E-state index contributed by atoms with van der Waals surface area (Å²) in [6, 6.07) is 15.8. The van der Waals surface area contributed by atoms with E-state index >= 15 is 0 Å². The number of anilines is 4. The molecule has 1 heterocycles. The third kappa shape index (κ3) is 5.29. The van der Waals surface area contributed by atoms with Crippen LogP contribution < -0.4 is 16.0 Å². The van der Waals surface area contributed by atoms with Crippen LogP contribution in [-0.4, -0.2) is 16.8 Å². The third-order valence-corrected chi connectivity index (χ3v) is 3.85. The van der Waals surface area contributed by atoms with E-state index in [-0.39, 0.29) is 11.8 Å². The van der Waals surface area contributed by atoms with Crippen LogP contribution in [0.1, 0.15) is 17.3 Å². The lowest BCUT2D eigenvalue weighted by Crippen LogP contribution is -2.12. The first-order valence-electron chi connectivity index (χ1n) is 8.16. The van der Waals surface area contributed by atoms with Crippen LogP contribution in [0.15, 0.2) is 67.0 Å². The number of rotatable bonds is 5. The van der Waals surface area contributed by atoms with E-state index in [4.69, 9.17) is 11.6 Å². The third-order valence-electron chi connectivity index (χ3n) is 3.60. The molecule has 3 N–H and O–H groups in total. The van der Waals surface area contributed by atoms with E-state index in [2.05, 4.69) is 20.9 Å². The number of nitrogens with one attached hydrogen (secondary N) is 3. The molecule has 2 aromatic carbocycles. The van der Waals surface area contributed by atoms with Crippen LogP contribution in [0.2, 0.25) is 5.02 Å². The lowest BCUT2D eigenvalue weighted by Gasteiger charge is -2.09. The number of aromatic nitrogens is 1. The zero-order valence-electron chi connectivity index (χ0n) is 14.5. The molecule has 0 bridgehead atoms. The molecule has 0 unspecified atom stereocenters. The van der Waals surface area contributed by atoms with Crippen molar-refractivity contribution in [3.05, 3.63) is 77.6 Å². The quantitative estimate of drug-likeness (QED) is 0.599. The number of pyridine rings is 1. The van der Waals surface area contributed by atoms with Gasteiger partial charge in [-0.3, -0.25) is 14.6 Å². The predicted octanol–water partition coefficient (Wildman–Crippen LogP) is 4.69. The van der Waals surface area contributed by atoms with Gasteiger partial charge in [-0.1, -0.05) is 11.6 Å². The number of nitrogens with zero attached hydrogens (tertiary/aromatic N) is 1. The molecule has 0 radical (unpaired) electrons. The van der Waals surface area contributed by atoms with Gasteiger partial charge in [0.15, 0.2) is 0 Å². The molecule has 27 heavy (non-hydrogen) atoms. The molecule has 7 heteroatoms. The summed E-state index contributed by atoms with van der Waals surface area (Å²) in [7, 11) is 0. The minimum atomic E-state index is -0.283. The van der Waals surface area contributed by atoms with Gasteiger partial charge in [-0.15, -0.1) is 0 Å². The zero-order chi connectivity index (χ0) is 19.2. The first-order chi connectivity index (χ1) is 13.0. The highest BCUT2D eigenvalue weighted by Crippen LogP contribution is 2.20. The smallest absolute Gasteiger partial charge is 0.257 e. The van der Waals surface area contributed by atoms with E-state index in [9.17, 15) is 9.59 Å². The zero-order valence-corrected chi connectivity index (χ0v) is 15.2. The molecule has 0 spiro atoms. The second-order valence-corrected chi connectivity index (χ2v) is 6.24. The molecule has 3 aromatic rings. The number of hydrogen-bond acceptors (Lipinski definition) is 4. The highest BCUT2D eigenvalue weighted by atomic mass is 35.5. The van der Waals surface area contributed by atoms with Crippen molar-refractivity contribution in [1.29, 1.82) is 0 Å². The first-order valence-corrected chi connectivity index (χ1v) is 8.54. The Labute approximate surface area is 161 Å². The lowest BCUT2D eigenvalue weighted by molar-refractivity contribution is -0.114. The lowest BCUT2D eigenvalue weighted by atomic mass is 10.2. The molecule has 0 saturated carbocycles. The fourth-order valence-corrected chi connectivity index (χ4v) is 2.50. The Balaban J connectivity index is 1.67. The Morgan fingerprint density at radius 3 is 2.04 bits per heavy atom. The second-order valence-electron chi connectivity index (χ2n) is 5.81. The van der Waals surface area contributed by atoms with Crippen LogP contribution in [-0.2, 0) is 4.79 Å². The molecule has 0 atom stereocenters. The molecule has 0 saturated heterocycles. The Morgan fingerprint density at radius 2 is 1.41 bits per heavy atom. The van der Waals surface area contributed by atoms with Crippen molar-refractivity contribution in [3.8, 4) is 0 Å². The van der Waals surface area contributed by atoms with Gasteiger partial charge in [0, 0.05) is 35.2 Å². The second kappa shape index (κ2) is 8.33. The van der Waals surface area contributed by atoms with Gasteiger partial charge in [-0.2, -0.15) is 0 Å². The Bertz CT molecular complexity index is 956. The minimum Gasteiger partial charge on any atom is -0.354 e. The van der Waals surface area contributed by atoms with Gasteiger partial charge in [0.1, 0.15) is 0 Å². The van der Waals surface area contributed by atoms with E-state index in [1.165, 1.54) is 13.1 Å². The fraction of sp³-hybridized carbons (Fsp3) is 0.0500. The standard InChI is InChI=1S/C20H17ClN4O2/c1-13(26)23-16-6-8-18(9-7-16)25-20(27)14-10-19(12-22-11-14)24-17-4-2-15(21)3-5-17/h2-12,24H,1H3,(H,23,26)(H,25,27). The largest absolute Gasteiger partial charge is 0.354 e. The van der Waals surface area contributed by atoms with Crippen molar-refractivity contribution in [1.82, 2.24) is 4.98 Å². The fourth-order valence-electron chi connectivity index (χ4n) is 2.38. The van der Waals surface area contributed by atoms with E-state index in [1.54, 1.807) is 48.7 Å². The summed E-state index contributed by atoms with van der Waals surface area (Å²) in [6.45, 7) is 1.44. The molecule has 2 amide bonds. The number of amides is 2. The summed E-state index contributed by atoms with van der Waals surface area (Å²) in [5.41, 5.74) is 3.22. The summed E-state index contributed by atoms with van der Waals surface area (Å²) in [5.74, 6) is -0.433. The van der Waals surface area contributed by atoms with Crippen molar-refractivity contribution in [2.75, 3.05) is 16.0 Å². The van der Waals surface area contributed by atoms with Crippen molar-refractivity contribution < 1.29 is 9.59 Å². The van der Waals surface area contributed by atoms with E-state index in [0.29, 0.717) is 27.6 Å². The first kappa shape index (κ1) is 18.4. The van der Waals surface area contributed by atoms with Gasteiger partial charge in [0.2, 0.25) is 5.91 Å². The molecular formula is C20H17ClN4O2. The van der Waals surface area contributed by atoms with Gasteiger partial charge in [0.05, 0.1) is 17.4 Å².